The second kappa shape index (κ2) is 6.80. The quantitative estimate of drug-likeness (QED) is 0.857. The number of hydrogen-bond acceptors (Lipinski definition) is 2. The predicted molar refractivity (Wildman–Crippen MR) is 74.2 cm³/mol. The van der Waals surface area contributed by atoms with E-state index in [4.69, 9.17) is 0 Å². The highest BCUT2D eigenvalue weighted by molar-refractivity contribution is 9.10. The first-order valence-electron chi connectivity index (χ1n) is 6.53. The zero-order chi connectivity index (χ0) is 14.6. The van der Waals surface area contributed by atoms with E-state index in [0.717, 1.165) is 25.7 Å². The van der Waals surface area contributed by atoms with Gasteiger partial charge in [-0.3, -0.25) is 0 Å². The smallest absolute Gasteiger partial charge is 0.405 e. The van der Waals surface area contributed by atoms with Gasteiger partial charge in [0.05, 0.1) is 0 Å². The lowest BCUT2D eigenvalue weighted by atomic mass is 9.95. The molecule has 0 spiro atoms. The molecule has 2 rings (SSSR count). The van der Waals surface area contributed by atoms with Crippen LogP contribution in [-0.4, -0.2) is 12.4 Å². The molecule has 0 aliphatic heterocycles. The van der Waals surface area contributed by atoms with Crippen molar-refractivity contribution >= 4 is 15.9 Å². The normalized spacial score (nSPS) is 17.2. The molecule has 0 atom stereocenters. The monoisotopic (exact) mass is 350 g/mol. The number of nitrogens with one attached hydrogen (secondary N) is 1. The van der Waals surface area contributed by atoms with Crippen LogP contribution in [-0.2, 0) is 6.54 Å². The van der Waals surface area contributed by atoms with Gasteiger partial charge in [0.15, 0.2) is 0 Å². The molecule has 1 aliphatic carbocycles. The molecular weight excluding hydrogens is 335 g/mol. The van der Waals surface area contributed by atoms with Gasteiger partial charge in [-0.15, -0.1) is 13.2 Å². The highest BCUT2D eigenvalue weighted by atomic mass is 79.9. The highest BCUT2D eigenvalue weighted by Gasteiger charge is 2.32. The van der Waals surface area contributed by atoms with Crippen molar-refractivity contribution in [3.05, 3.63) is 34.7 Å². The number of ether oxygens (including phenoxy) is 1. The summed E-state index contributed by atoms with van der Waals surface area (Å²) in [5, 5.41) is 3.30. The lowest BCUT2D eigenvalue weighted by Crippen LogP contribution is -2.31. The fraction of sp³-hybridized carbons (Fsp3) is 0.500. The van der Waals surface area contributed by atoms with Crippen molar-refractivity contribution in [1.29, 1.82) is 0 Å². The maximum atomic E-state index is 12.4. The van der Waals surface area contributed by atoms with Crippen molar-refractivity contribution in [2.24, 2.45) is 0 Å². The first kappa shape index (κ1) is 15.6. The summed E-state index contributed by atoms with van der Waals surface area (Å²) in [6.07, 6.45) is 1.76. The van der Waals surface area contributed by atoms with Crippen LogP contribution in [0.1, 0.15) is 31.2 Å². The molecular formula is C14H16BrF3NO. The topological polar surface area (TPSA) is 21.3 Å². The molecule has 0 bridgehead atoms. The van der Waals surface area contributed by atoms with Crippen molar-refractivity contribution in [2.45, 2.75) is 44.6 Å². The first-order chi connectivity index (χ1) is 9.44. The van der Waals surface area contributed by atoms with Crippen molar-refractivity contribution in [2.75, 3.05) is 0 Å². The maximum absolute atomic E-state index is 12.4. The van der Waals surface area contributed by atoms with Gasteiger partial charge in [-0.2, -0.15) is 0 Å². The molecule has 0 saturated heterocycles. The van der Waals surface area contributed by atoms with Crippen LogP contribution in [0.4, 0.5) is 13.2 Å². The number of rotatable bonds is 4. The van der Waals surface area contributed by atoms with E-state index in [1.165, 1.54) is 6.07 Å². The minimum Gasteiger partial charge on any atom is -0.405 e. The molecule has 1 fully saturated rings. The van der Waals surface area contributed by atoms with Crippen LogP contribution in [0.15, 0.2) is 22.7 Å². The molecule has 1 aliphatic rings. The summed E-state index contributed by atoms with van der Waals surface area (Å²) in [5.41, 5.74) is 0.514. The molecule has 20 heavy (non-hydrogen) atoms. The lowest BCUT2D eigenvalue weighted by molar-refractivity contribution is -0.274. The molecule has 2 nitrogen and oxygen atoms in total. The van der Waals surface area contributed by atoms with Crippen LogP contribution < -0.4 is 10.1 Å². The molecule has 0 unspecified atom stereocenters. The fourth-order valence-corrected chi connectivity index (χ4v) is 2.62. The first-order valence-corrected chi connectivity index (χ1v) is 7.32. The van der Waals surface area contributed by atoms with E-state index in [1.54, 1.807) is 12.1 Å². The Morgan fingerprint density at radius 1 is 1.25 bits per heavy atom. The van der Waals surface area contributed by atoms with Gasteiger partial charge in [0.25, 0.3) is 0 Å². The zero-order valence-corrected chi connectivity index (χ0v) is 12.4. The second-order valence-corrected chi connectivity index (χ2v) is 5.74. The van der Waals surface area contributed by atoms with Crippen molar-refractivity contribution in [3.8, 4) is 5.75 Å². The van der Waals surface area contributed by atoms with E-state index in [2.05, 4.69) is 32.4 Å². The summed E-state index contributed by atoms with van der Waals surface area (Å²) >= 11 is 3.16. The van der Waals surface area contributed by atoms with Gasteiger partial charge in [-0.05, 0) is 44.2 Å². The third-order valence-electron chi connectivity index (χ3n) is 3.27. The molecule has 1 aromatic rings. The van der Waals surface area contributed by atoms with E-state index in [9.17, 15) is 13.2 Å². The molecule has 0 amide bonds. The van der Waals surface area contributed by atoms with Gasteiger partial charge in [-0.25, -0.2) is 0 Å². The van der Waals surface area contributed by atoms with Crippen molar-refractivity contribution in [1.82, 2.24) is 5.32 Å². The third kappa shape index (κ3) is 4.98. The summed E-state index contributed by atoms with van der Waals surface area (Å²) in [5.74, 6) is -0.151. The maximum Gasteiger partial charge on any atom is 0.573 e. The van der Waals surface area contributed by atoms with Crippen LogP contribution in [0.25, 0.3) is 0 Å². The van der Waals surface area contributed by atoms with E-state index in [-0.39, 0.29) is 5.75 Å². The minimum atomic E-state index is -4.67. The Morgan fingerprint density at radius 3 is 2.60 bits per heavy atom. The predicted octanol–water partition coefficient (Wildman–Crippen LogP) is 4.58. The summed E-state index contributed by atoms with van der Waals surface area (Å²) < 4.78 is 41.8. The molecule has 111 valence electrons. The van der Waals surface area contributed by atoms with Gasteiger partial charge in [0.1, 0.15) is 5.75 Å². The summed E-state index contributed by atoms with van der Waals surface area (Å²) in [4.78, 5) is 0. The largest absolute Gasteiger partial charge is 0.573 e. The Kier molecular flexibility index (Phi) is 5.32. The fourth-order valence-electron chi connectivity index (χ4n) is 2.28. The van der Waals surface area contributed by atoms with Crippen LogP contribution in [0.5, 0.6) is 5.75 Å². The molecule has 1 radical (unpaired) electrons. The van der Waals surface area contributed by atoms with Crippen LogP contribution in [0.2, 0.25) is 0 Å². The Hall–Kier alpha value is -0.750. The molecule has 1 saturated carbocycles. The van der Waals surface area contributed by atoms with E-state index >= 15 is 0 Å². The lowest BCUT2D eigenvalue weighted by Gasteiger charge is -2.23. The SMILES string of the molecule is FC(F)(F)Oc1cc(Br)ccc1CNC1CC[CH]CC1. The Balaban J connectivity index is 2.02. The van der Waals surface area contributed by atoms with Crippen LogP contribution in [0, 0.1) is 6.42 Å². The summed E-state index contributed by atoms with van der Waals surface area (Å²) in [6, 6.07) is 5.07. The number of benzene rings is 1. The van der Waals surface area contributed by atoms with Crippen molar-refractivity contribution < 1.29 is 17.9 Å². The summed E-state index contributed by atoms with van der Waals surface area (Å²) in [6.45, 7) is 0.378. The Morgan fingerprint density at radius 2 is 1.95 bits per heavy atom. The minimum absolute atomic E-state index is 0.151. The van der Waals surface area contributed by atoms with Gasteiger partial charge >= 0.3 is 6.36 Å². The number of hydrogen-bond donors (Lipinski definition) is 1. The van der Waals surface area contributed by atoms with E-state index < -0.39 is 6.36 Å². The number of halogens is 4. The van der Waals surface area contributed by atoms with Gasteiger partial charge in [0, 0.05) is 22.6 Å². The van der Waals surface area contributed by atoms with Gasteiger partial charge in [-0.1, -0.05) is 22.0 Å². The van der Waals surface area contributed by atoms with Gasteiger partial charge in [0.2, 0.25) is 0 Å². The average molecular weight is 351 g/mol. The van der Waals surface area contributed by atoms with Gasteiger partial charge < -0.3 is 10.1 Å². The molecule has 1 aromatic carbocycles. The van der Waals surface area contributed by atoms with E-state index in [1.807, 2.05) is 0 Å². The molecule has 1 N–H and O–H groups in total. The standard InChI is InChI=1S/C14H16BrF3NO/c15-11-7-6-10(13(8-11)20-14(16,17)18)9-19-12-4-2-1-3-5-12/h1,6-8,12,19H,2-5,9H2. The zero-order valence-electron chi connectivity index (χ0n) is 10.8. The number of alkyl halides is 3. The summed E-state index contributed by atoms with van der Waals surface area (Å²) in [7, 11) is 0. The highest BCUT2D eigenvalue weighted by Crippen LogP contribution is 2.29. The molecule has 0 aromatic heterocycles. The third-order valence-corrected chi connectivity index (χ3v) is 3.77. The van der Waals surface area contributed by atoms with Crippen molar-refractivity contribution in [3.63, 3.8) is 0 Å². The Bertz CT molecular complexity index is 445. The van der Waals surface area contributed by atoms with Crippen LogP contribution >= 0.6 is 15.9 Å². The van der Waals surface area contributed by atoms with E-state index in [0.29, 0.717) is 22.6 Å². The Labute approximate surface area is 124 Å². The second-order valence-electron chi connectivity index (χ2n) is 4.82. The molecule has 0 heterocycles. The molecule has 6 heteroatoms. The van der Waals surface area contributed by atoms with Crippen LogP contribution in [0.3, 0.4) is 0 Å². The average Bonchev–Trinajstić information content (AvgIpc) is 2.37.